The summed E-state index contributed by atoms with van der Waals surface area (Å²) < 4.78 is 31.0. The van der Waals surface area contributed by atoms with Gasteiger partial charge in [-0.1, -0.05) is 23.7 Å². The maximum absolute atomic E-state index is 14.9. The molecule has 8 nitrogen and oxygen atoms in total. The summed E-state index contributed by atoms with van der Waals surface area (Å²) in [6.07, 6.45) is 3.08. The summed E-state index contributed by atoms with van der Waals surface area (Å²) in [5.74, 6) is 0.541. The van der Waals surface area contributed by atoms with Crippen molar-refractivity contribution in [3.8, 4) is 22.6 Å². The number of aliphatic imine (C=N–C) groups is 1. The number of hydrogen-bond donors (Lipinski definition) is 1. The maximum Gasteiger partial charge on any atom is 0.320 e. The van der Waals surface area contributed by atoms with E-state index in [-0.39, 0.29) is 19.1 Å². The van der Waals surface area contributed by atoms with Gasteiger partial charge < -0.3 is 19.0 Å². The van der Waals surface area contributed by atoms with Crippen LogP contribution in [0.15, 0.2) is 59.9 Å². The Hall–Kier alpha value is -3.85. The average Bonchev–Trinajstić information content (AvgIpc) is 3.28. The van der Waals surface area contributed by atoms with Gasteiger partial charge in [0, 0.05) is 17.3 Å². The van der Waals surface area contributed by atoms with Gasteiger partial charge in [-0.2, -0.15) is 5.48 Å². The highest BCUT2D eigenvalue weighted by molar-refractivity contribution is 6.32. The molecule has 1 N–H and O–H groups in total. The standard InChI is InChI=1S/C23H19ClFN3O5/c1-30-17-7-14(10-26-11-17)18-8-15(3-5-20(18)25)23(12-32-22(27-23)28-33-13-29)16-4-6-21(31-2)19(24)9-16/h3-11,13H,12H2,1-2H3,(H,27,28). The Morgan fingerprint density at radius 1 is 1.12 bits per heavy atom. The number of hydrogen-bond acceptors (Lipinski definition) is 8. The van der Waals surface area contributed by atoms with E-state index in [1.807, 2.05) is 0 Å². The molecule has 0 bridgehead atoms. The molecule has 2 aromatic carbocycles. The molecule has 170 valence electrons. The molecule has 1 unspecified atom stereocenters. The van der Waals surface area contributed by atoms with E-state index < -0.39 is 11.4 Å². The Morgan fingerprint density at radius 2 is 1.91 bits per heavy atom. The topological polar surface area (TPSA) is 91.3 Å². The molecule has 1 aliphatic heterocycles. The number of carbonyl (C=O) groups is 1. The molecule has 0 fully saturated rings. The Morgan fingerprint density at radius 3 is 2.64 bits per heavy atom. The monoisotopic (exact) mass is 471 g/mol. The van der Waals surface area contributed by atoms with Crippen molar-refractivity contribution in [2.45, 2.75) is 5.54 Å². The summed E-state index contributed by atoms with van der Waals surface area (Å²) >= 11 is 6.38. The lowest BCUT2D eigenvalue weighted by molar-refractivity contribution is -0.132. The molecule has 0 radical (unpaired) electrons. The molecule has 2 heterocycles. The molecule has 1 aromatic heterocycles. The average molecular weight is 472 g/mol. The van der Waals surface area contributed by atoms with Gasteiger partial charge in [0.2, 0.25) is 0 Å². The number of benzene rings is 2. The number of pyridine rings is 1. The summed E-state index contributed by atoms with van der Waals surface area (Å²) in [4.78, 5) is 23.9. The molecule has 0 saturated carbocycles. The second kappa shape index (κ2) is 9.33. The molecular formula is C23H19ClFN3O5. The SMILES string of the molecule is COc1cncc(-c2cc(C3(c4ccc(OC)c(Cl)c4)COC(NOC=O)=N3)ccc2F)c1. The second-order valence-corrected chi connectivity index (χ2v) is 7.45. The minimum Gasteiger partial charge on any atom is -0.495 e. The predicted octanol–water partition coefficient (Wildman–Crippen LogP) is 3.87. The molecule has 10 heteroatoms. The number of rotatable bonds is 7. The third kappa shape index (κ3) is 4.27. The molecule has 1 atom stereocenters. The normalized spacial score (nSPS) is 17.0. The highest BCUT2D eigenvalue weighted by Crippen LogP contribution is 2.42. The van der Waals surface area contributed by atoms with E-state index in [0.717, 1.165) is 0 Å². The molecule has 0 saturated heterocycles. The number of ether oxygens (including phenoxy) is 3. The maximum atomic E-state index is 14.9. The molecule has 4 rings (SSSR count). The van der Waals surface area contributed by atoms with Crippen LogP contribution in [0.4, 0.5) is 4.39 Å². The summed E-state index contributed by atoms with van der Waals surface area (Å²) in [5, 5.41) is 0.370. The highest BCUT2D eigenvalue weighted by atomic mass is 35.5. The van der Waals surface area contributed by atoms with Crippen LogP contribution in [0, 0.1) is 5.82 Å². The van der Waals surface area contributed by atoms with Gasteiger partial charge in [-0.15, -0.1) is 0 Å². The van der Waals surface area contributed by atoms with Crippen LogP contribution in [0.25, 0.3) is 11.1 Å². The molecular weight excluding hydrogens is 453 g/mol. The van der Waals surface area contributed by atoms with Crippen molar-refractivity contribution < 1.29 is 28.2 Å². The van der Waals surface area contributed by atoms with Crippen molar-refractivity contribution in [1.29, 1.82) is 0 Å². The summed E-state index contributed by atoms with van der Waals surface area (Å²) in [7, 11) is 3.02. The first-order valence-corrected chi connectivity index (χ1v) is 10.1. The van der Waals surface area contributed by atoms with Crippen LogP contribution in [-0.4, -0.2) is 38.3 Å². The fraction of sp³-hybridized carbons (Fsp3) is 0.174. The molecule has 0 amide bonds. The number of carbonyl (C=O) groups excluding carboxylic acids is 1. The first-order chi connectivity index (χ1) is 16.0. The van der Waals surface area contributed by atoms with E-state index in [4.69, 9.17) is 25.8 Å². The van der Waals surface area contributed by atoms with Gasteiger partial charge in [-0.3, -0.25) is 9.78 Å². The van der Waals surface area contributed by atoms with Gasteiger partial charge in [0.15, 0.2) is 5.54 Å². The van der Waals surface area contributed by atoms with E-state index in [2.05, 4.69) is 20.3 Å². The molecule has 33 heavy (non-hydrogen) atoms. The minimum atomic E-state index is -1.11. The third-order valence-electron chi connectivity index (χ3n) is 5.24. The zero-order chi connectivity index (χ0) is 23.4. The Kier molecular flexibility index (Phi) is 6.32. The lowest BCUT2D eigenvalue weighted by Crippen LogP contribution is -2.27. The van der Waals surface area contributed by atoms with Crippen LogP contribution in [0.1, 0.15) is 11.1 Å². The van der Waals surface area contributed by atoms with E-state index >= 15 is 0 Å². The molecule has 1 aliphatic rings. The smallest absolute Gasteiger partial charge is 0.320 e. The lowest BCUT2D eigenvalue weighted by Gasteiger charge is -2.26. The summed E-state index contributed by atoms with van der Waals surface area (Å²) in [6.45, 7) is 0.254. The molecule has 3 aromatic rings. The third-order valence-corrected chi connectivity index (χ3v) is 5.53. The van der Waals surface area contributed by atoms with Gasteiger partial charge in [0.1, 0.15) is 23.9 Å². The van der Waals surface area contributed by atoms with Gasteiger partial charge >= 0.3 is 12.5 Å². The van der Waals surface area contributed by atoms with Crippen LogP contribution >= 0.6 is 11.6 Å². The highest BCUT2D eigenvalue weighted by Gasteiger charge is 2.42. The largest absolute Gasteiger partial charge is 0.495 e. The minimum absolute atomic E-state index is 0.0111. The van der Waals surface area contributed by atoms with E-state index in [9.17, 15) is 9.18 Å². The predicted molar refractivity (Wildman–Crippen MR) is 119 cm³/mol. The molecule has 0 aliphatic carbocycles. The van der Waals surface area contributed by atoms with Gasteiger partial charge in [0.25, 0.3) is 0 Å². The van der Waals surface area contributed by atoms with E-state index in [1.165, 1.54) is 26.5 Å². The number of nitrogens with zero attached hydrogens (tertiary/aromatic N) is 2. The van der Waals surface area contributed by atoms with Gasteiger partial charge in [-0.05, 0) is 41.5 Å². The van der Waals surface area contributed by atoms with Crippen molar-refractivity contribution >= 4 is 24.1 Å². The van der Waals surface area contributed by atoms with Crippen LogP contribution < -0.4 is 15.0 Å². The van der Waals surface area contributed by atoms with Crippen molar-refractivity contribution in [2.75, 3.05) is 20.8 Å². The fourth-order valence-electron chi connectivity index (χ4n) is 3.61. The second-order valence-electron chi connectivity index (χ2n) is 7.04. The number of aromatic nitrogens is 1. The Bertz CT molecular complexity index is 1220. The first kappa shape index (κ1) is 22.3. The van der Waals surface area contributed by atoms with Gasteiger partial charge in [-0.25, -0.2) is 9.38 Å². The Balaban J connectivity index is 1.87. The van der Waals surface area contributed by atoms with Crippen LogP contribution in [0.2, 0.25) is 5.02 Å². The summed E-state index contributed by atoms with van der Waals surface area (Å²) in [5.41, 5.74) is 3.34. The Labute approximate surface area is 193 Å². The lowest BCUT2D eigenvalue weighted by atomic mass is 9.83. The number of nitrogens with one attached hydrogen (secondary N) is 1. The van der Waals surface area contributed by atoms with Crippen LogP contribution in [0.5, 0.6) is 11.5 Å². The quantitative estimate of drug-likeness (QED) is 0.413. The zero-order valence-corrected chi connectivity index (χ0v) is 18.4. The van der Waals surface area contributed by atoms with Crippen molar-refractivity contribution in [3.05, 3.63) is 76.8 Å². The van der Waals surface area contributed by atoms with E-state index in [0.29, 0.717) is 38.8 Å². The van der Waals surface area contributed by atoms with Crippen molar-refractivity contribution in [1.82, 2.24) is 10.5 Å². The fourth-order valence-corrected chi connectivity index (χ4v) is 3.86. The van der Waals surface area contributed by atoms with Crippen molar-refractivity contribution in [2.24, 2.45) is 4.99 Å². The number of hydroxylamine groups is 1. The van der Waals surface area contributed by atoms with Crippen LogP contribution in [-0.2, 0) is 19.9 Å². The number of halogens is 2. The van der Waals surface area contributed by atoms with Gasteiger partial charge in [0.05, 0.1) is 25.4 Å². The number of methoxy groups -OCH3 is 2. The zero-order valence-electron chi connectivity index (χ0n) is 17.7. The summed E-state index contributed by atoms with van der Waals surface area (Å²) in [6, 6.07) is 11.5. The number of amidine groups is 1. The van der Waals surface area contributed by atoms with E-state index in [1.54, 1.807) is 42.6 Å². The molecule has 0 spiro atoms. The first-order valence-electron chi connectivity index (χ1n) is 9.72. The van der Waals surface area contributed by atoms with Crippen LogP contribution in [0.3, 0.4) is 0 Å². The van der Waals surface area contributed by atoms with Crippen molar-refractivity contribution in [3.63, 3.8) is 0 Å².